The molecule has 2 aromatic rings. The van der Waals surface area contributed by atoms with Gasteiger partial charge in [-0.25, -0.2) is 4.68 Å². The van der Waals surface area contributed by atoms with Crippen LogP contribution in [0.2, 0.25) is 0 Å². The second-order valence-electron chi connectivity index (χ2n) is 6.92. The van der Waals surface area contributed by atoms with Crippen molar-refractivity contribution in [2.24, 2.45) is 11.3 Å². The topological polar surface area (TPSA) is 97.5 Å². The lowest BCUT2D eigenvalue weighted by atomic mass is 9.74. The summed E-state index contributed by atoms with van der Waals surface area (Å²) in [6.45, 7) is 1.50. The van der Waals surface area contributed by atoms with Crippen LogP contribution in [-0.4, -0.2) is 63.2 Å². The molecule has 0 saturated carbocycles. The van der Waals surface area contributed by atoms with E-state index in [0.29, 0.717) is 31.9 Å². The third kappa shape index (κ3) is 2.86. The van der Waals surface area contributed by atoms with Gasteiger partial charge in [-0.1, -0.05) is 35.5 Å². The number of carbonyl (C=O) groups is 2. The first-order valence-electron chi connectivity index (χ1n) is 8.63. The summed E-state index contributed by atoms with van der Waals surface area (Å²) in [5.74, 6) is -1.15. The monoisotopic (exact) mass is 356 g/mol. The summed E-state index contributed by atoms with van der Waals surface area (Å²) in [6, 6.07) is 9.61. The molecule has 1 aromatic heterocycles. The van der Waals surface area contributed by atoms with Crippen molar-refractivity contribution < 1.29 is 19.4 Å². The molecule has 8 heteroatoms. The maximum atomic E-state index is 12.7. The zero-order valence-corrected chi connectivity index (χ0v) is 14.2. The largest absolute Gasteiger partial charge is 0.481 e. The van der Waals surface area contributed by atoms with Crippen molar-refractivity contribution in [1.82, 2.24) is 19.9 Å². The maximum absolute atomic E-state index is 12.7. The summed E-state index contributed by atoms with van der Waals surface area (Å²) in [4.78, 5) is 26.1. The van der Waals surface area contributed by atoms with Gasteiger partial charge in [0, 0.05) is 31.2 Å². The number of carbonyl (C=O) groups excluding carboxylic acids is 1. The van der Waals surface area contributed by atoms with Crippen LogP contribution in [0.5, 0.6) is 0 Å². The van der Waals surface area contributed by atoms with Gasteiger partial charge < -0.3 is 14.7 Å². The van der Waals surface area contributed by atoms with E-state index in [1.54, 1.807) is 11.1 Å². The molecule has 0 unspecified atom stereocenters. The lowest BCUT2D eigenvalue weighted by Gasteiger charge is -2.33. The van der Waals surface area contributed by atoms with Crippen molar-refractivity contribution in [3.8, 4) is 11.3 Å². The summed E-state index contributed by atoms with van der Waals surface area (Å²) in [6.07, 6.45) is 2.17. The molecule has 2 fully saturated rings. The molecule has 0 spiro atoms. The van der Waals surface area contributed by atoms with E-state index < -0.39 is 11.4 Å². The fraction of sp³-hybridized carbons (Fsp3) is 0.444. The zero-order valence-electron chi connectivity index (χ0n) is 14.2. The highest BCUT2D eigenvalue weighted by atomic mass is 16.5. The minimum atomic E-state index is -0.883. The Morgan fingerprint density at radius 1 is 1.31 bits per heavy atom. The predicted molar refractivity (Wildman–Crippen MR) is 91.0 cm³/mol. The molecule has 26 heavy (non-hydrogen) atoms. The number of nitrogens with zero attached hydrogens (tertiary/aromatic N) is 4. The van der Waals surface area contributed by atoms with Crippen molar-refractivity contribution in [2.45, 2.75) is 13.0 Å². The molecular formula is C18H20N4O4. The second-order valence-corrected chi connectivity index (χ2v) is 6.92. The van der Waals surface area contributed by atoms with E-state index in [4.69, 9.17) is 4.74 Å². The normalized spacial score (nSPS) is 25.1. The van der Waals surface area contributed by atoms with Crippen molar-refractivity contribution in [2.75, 3.05) is 26.3 Å². The first-order chi connectivity index (χ1) is 12.6. The number of carboxylic acid groups (broad SMARTS) is 1. The number of amides is 1. The third-order valence-corrected chi connectivity index (χ3v) is 5.39. The van der Waals surface area contributed by atoms with Crippen molar-refractivity contribution in [3.05, 3.63) is 36.5 Å². The fourth-order valence-electron chi connectivity index (χ4n) is 3.84. The highest BCUT2D eigenvalue weighted by Crippen LogP contribution is 2.42. The summed E-state index contributed by atoms with van der Waals surface area (Å²) >= 11 is 0. The molecule has 1 N–H and O–H groups in total. The van der Waals surface area contributed by atoms with Crippen LogP contribution in [0.15, 0.2) is 36.5 Å². The molecule has 136 valence electrons. The summed E-state index contributed by atoms with van der Waals surface area (Å²) in [5.41, 5.74) is 0.745. The van der Waals surface area contributed by atoms with Gasteiger partial charge >= 0.3 is 5.97 Å². The maximum Gasteiger partial charge on any atom is 0.311 e. The molecule has 4 rings (SSSR count). The molecule has 0 aliphatic carbocycles. The number of aromatic nitrogens is 3. The molecule has 1 amide bonds. The Kier molecular flexibility index (Phi) is 4.20. The second kappa shape index (κ2) is 6.53. The molecule has 0 radical (unpaired) electrons. The Morgan fingerprint density at radius 2 is 2.12 bits per heavy atom. The number of benzene rings is 1. The molecule has 8 nitrogen and oxygen atoms in total. The number of ether oxygens (including phenoxy) is 1. The lowest BCUT2D eigenvalue weighted by molar-refractivity contribution is -0.157. The van der Waals surface area contributed by atoms with Gasteiger partial charge in [-0.3, -0.25) is 9.59 Å². The Hall–Kier alpha value is -2.74. The van der Waals surface area contributed by atoms with Gasteiger partial charge in [0.25, 0.3) is 0 Å². The van der Waals surface area contributed by atoms with E-state index in [9.17, 15) is 14.7 Å². The fourth-order valence-corrected chi connectivity index (χ4v) is 3.84. The van der Waals surface area contributed by atoms with E-state index in [0.717, 1.165) is 5.56 Å². The van der Waals surface area contributed by atoms with Crippen LogP contribution in [-0.2, 0) is 20.9 Å². The predicted octanol–water partition coefficient (Wildman–Crippen LogP) is 0.895. The quantitative estimate of drug-likeness (QED) is 0.874. The van der Waals surface area contributed by atoms with Gasteiger partial charge in [-0.05, 0) is 6.42 Å². The molecule has 2 aliphatic rings. The number of rotatable bonds is 4. The number of hydrogen-bond acceptors (Lipinski definition) is 5. The molecule has 2 atom stereocenters. The van der Waals surface area contributed by atoms with E-state index in [2.05, 4.69) is 10.3 Å². The summed E-state index contributed by atoms with van der Waals surface area (Å²) < 4.78 is 6.93. The average Bonchev–Trinajstić information content (AvgIpc) is 3.27. The van der Waals surface area contributed by atoms with E-state index in [1.165, 1.54) is 4.68 Å². The van der Waals surface area contributed by atoms with Crippen LogP contribution in [0.1, 0.15) is 6.42 Å². The number of aliphatic carboxylic acids is 1. The minimum Gasteiger partial charge on any atom is -0.481 e. The van der Waals surface area contributed by atoms with Crippen LogP contribution in [0.3, 0.4) is 0 Å². The van der Waals surface area contributed by atoms with Gasteiger partial charge in [0.1, 0.15) is 12.2 Å². The van der Waals surface area contributed by atoms with Gasteiger partial charge in [0.2, 0.25) is 5.91 Å². The number of fused-ring (bicyclic) bond motifs is 1. The Bertz CT molecular complexity index is 822. The third-order valence-electron chi connectivity index (χ3n) is 5.39. The van der Waals surface area contributed by atoms with Crippen LogP contribution in [0.4, 0.5) is 0 Å². The van der Waals surface area contributed by atoms with E-state index in [-0.39, 0.29) is 24.9 Å². The van der Waals surface area contributed by atoms with Crippen LogP contribution in [0, 0.1) is 11.3 Å². The van der Waals surface area contributed by atoms with Gasteiger partial charge in [-0.15, -0.1) is 5.10 Å². The smallest absolute Gasteiger partial charge is 0.311 e. The first-order valence-corrected chi connectivity index (χ1v) is 8.63. The van der Waals surface area contributed by atoms with Crippen molar-refractivity contribution in [1.29, 1.82) is 0 Å². The molecule has 1 aromatic carbocycles. The number of hydrogen-bond donors (Lipinski definition) is 1. The van der Waals surface area contributed by atoms with Crippen LogP contribution < -0.4 is 0 Å². The van der Waals surface area contributed by atoms with E-state index >= 15 is 0 Å². The zero-order chi connectivity index (χ0) is 18.1. The average molecular weight is 356 g/mol. The highest BCUT2D eigenvalue weighted by molar-refractivity contribution is 5.81. The molecule has 2 saturated heterocycles. The summed E-state index contributed by atoms with van der Waals surface area (Å²) in [5, 5.41) is 17.8. The first kappa shape index (κ1) is 16.7. The highest BCUT2D eigenvalue weighted by Gasteiger charge is 2.54. The molecule has 3 heterocycles. The van der Waals surface area contributed by atoms with Crippen LogP contribution in [0.25, 0.3) is 11.3 Å². The lowest BCUT2D eigenvalue weighted by Crippen LogP contribution is -2.45. The van der Waals surface area contributed by atoms with E-state index in [1.807, 2.05) is 30.3 Å². The van der Waals surface area contributed by atoms with Crippen molar-refractivity contribution in [3.63, 3.8) is 0 Å². The number of likely N-dealkylation sites (tertiary alicyclic amines) is 1. The molecule has 2 aliphatic heterocycles. The van der Waals surface area contributed by atoms with Crippen molar-refractivity contribution >= 4 is 11.9 Å². The Morgan fingerprint density at radius 3 is 2.85 bits per heavy atom. The van der Waals surface area contributed by atoms with Crippen LogP contribution >= 0.6 is 0 Å². The summed E-state index contributed by atoms with van der Waals surface area (Å²) in [7, 11) is 0. The number of carboxylic acids is 1. The molecular weight excluding hydrogens is 336 g/mol. The van der Waals surface area contributed by atoms with Gasteiger partial charge in [-0.2, -0.15) is 0 Å². The Balaban J connectivity index is 1.46. The van der Waals surface area contributed by atoms with Gasteiger partial charge in [0.05, 0.1) is 18.2 Å². The molecule has 0 bridgehead atoms. The Labute approximate surface area is 150 Å². The SMILES string of the molecule is O=C(Cn1cc(-c2ccccc2)nn1)N1C[C@H]2COCC[C@@]2(C(=O)O)C1. The van der Waals surface area contributed by atoms with Gasteiger partial charge in [0.15, 0.2) is 0 Å². The minimum absolute atomic E-state index is 0.0448. The standard InChI is InChI=1S/C18H20N4O4/c23-16(10-22-9-15(19-20-22)13-4-2-1-3-5-13)21-8-14-11-26-7-6-18(14,12-21)17(24)25/h1-5,9,14H,6-8,10-12H2,(H,24,25)/t14-,18+/m0/s1.